The number of nitrogens with zero attached hydrogens (tertiary/aromatic N) is 1. The Morgan fingerprint density at radius 1 is 1.35 bits per heavy atom. The summed E-state index contributed by atoms with van der Waals surface area (Å²) in [6.07, 6.45) is 3.00. The summed E-state index contributed by atoms with van der Waals surface area (Å²) in [5.74, 6) is 1.33. The van der Waals surface area contributed by atoms with Gasteiger partial charge in [0.1, 0.15) is 0 Å². The summed E-state index contributed by atoms with van der Waals surface area (Å²) in [6.45, 7) is 6.24. The summed E-state index contributed by atoms with van der Waals surface area (Å²) in [7, 11) is -2.78. The highest BCUT2D eigenvalue weighted by atomic mass is 32.2. The topological polar surface area (TPSA) is 63.4 Å². The van der Waals surface area contributed by atoms with Gasteiger partial charge in [-0.1, -0.05) is 0 Å². The van der Waals surface area contributed by atoms with E-state index in [1.165, 1.54) is 0 Å². The van der Waals surface area contributed by atoms with Crippen LogP contribution in [0.15, 0.2) is 0 Å². The Balaban J connectivity index is 2.08. The summed E-state index contributed by atoms with van der Waals surface area (Å²) in [5.41, 5.74) is 5.76. The zero-order chi connectivity index (χ0) is 12.7. The zero-order valence-electron chi connectivity index (χ0n) is 10.9. The fraction of sp³-hybridized carbons (Fsp3) is 1.00. The molecular weight excluding hydrogens is 236 g/mol. The van der Waals surface area contributed by atoms with E-state index in [0.717, 1.165) is 32.4 Å². The lowest BCUT2D eigenvalue weighted by Gasteiger charge is -2.39. The van der Waals surface area contributed by atoms with E-state index >= 15 is 0 Å². The molecule has 2 rings (SSSR count). The summed E-state index contributed by atoms with van der Waals surface area (Å²) in [4.78, 5) is 2.41. The van der Waals surface area contributed by atoms with E-state index in [4.69, 9.17) is 5.73 Å². The van der Waals surface area contributed by atoms with Crippen molar-refractivity contribution in [1.29, 1.82) is 0 Å². The molecule has 2 unspecified atom stereocenters. The van der Waals surface area contributed by atoms with Gasteiger partial charge in [-0.25, -0.2) is 8.42 Å². The number of sulfone groups is 1. The van der Waals surface area contributed by atoms with Crippen LogP contribution < -0.4 is 5.73 Å². The molecule has 0 aromatic carbocycles. The number of likely N-dealkylation sites (tertiary alicyclic amines) is 1. The van der Waals surface area contributed by atoms with Crippen LogP contribution in [0.3, 0.4) is 0 Å². The van der Waals surface area contributed by atoms with Crippen LogP contribution in [0.4, 0.5) is 0 Å². The van der Waals surface area contributed by atoms with Crippen LogP contribution in [0.25, 0.3) is 0 Å². The molecule has 0 saturated carbocycles. The van der Waals surface area contributed by atoms with Crippen molar-refractivity contribution in [2.24, 2.45) is 11.7 Å². The molecule has 2 aliphatic rings. The molecule has 0 amide bonds. The van der Waals surface area contributed by atoms with Crippen molar-refractivity contribution in [3.8, 4) is 0 Å². The molecule has 2 fully saturated rings. The first-order chi connectivity index (χ1) is 7.87. The third-order valence-electron chi connectivity index (χ3n) is 4.62. The van der Waals surface area contributed by atoms with Gasteiger partial charge in [0.05, 0.1) is 11.5 Å². The normalized spacial score (nSPS) is 36.4. The molecule has 5 heteroatoms. The minimum Gasteiger partial charge on any atom is -0.330 e. The van der Waals surface area contributed by atoms with Gasteiger partial charge < -0.3 is 5.73 Å². The Labute approximate surface area is 104 Å². The number of nitrogens with two attached hydrogens (primary N) is 1. The van der Waals surface area contributed by atoms with Gasteiger partial charge >= 0.3 is 0 Å². The van der Waals surface area contributed by atoms with Crippen LogP contribution in [0, 0.1) is 5.92 Å². The molecule has 2 aliphatic heterocycles. The van der Waals surface area contributed by atoms with Crippen molar-refractivity contribution in [2.75, 3.05) is 24.6 Å². The van der Waals surface area contributed by atoms with Crippen molar-refractivity contribution >= 4 is 9.84 Å². The largest absolute Gasteiger partial charge is 0.330 e. The molecule has 17 heavy (non-hydrogen) atoms. The average molecular weight is 260 g/mol. The Morgan fingerprint density at radius 2 is 2.06 bits per heavy atom. The first kappa shape index (κ1) is 13.3. The van der Waals surface area contributed by atoms with E-state index in [1.807, 2.05) is 0 Å². The van der Waals surface area contributed by atoms with Crippen molar-refractivity contribution in [1.82, 2.24) is 4.90 Å². The average Bonchev–Trinajstić information content (AvgIpc) is 2.69. The van der Waals surface area contributed by atoms with Crippen molar-refractivity contribution in [2.45, 2.75) is 44.7 Å². The molecule has 4 nitrogen and oxygen atoms in total. The highest BCUT2D eigenvalue weighted by Gasteiger charge is 2.46. The third-order valence-corrected chi connectivity index (χ3v) is 6.37. The van der Waals surface area contributed by atoms with E-state index in [0.29, 0.717) is 17.4 Å². The molecule has 0 radical (unpaired) electrons. The highest BCUT2D eigenvalue weighted by molar-refractivity contribution is 7.91. The predicted octanol–water partition coefficient (Wildman–Crippen LogP) is 0.623. The quantitative estimate of drug-likeness (QED) is 0.808. The van der Waals surface area contributed by atoms with Gasteiger partial charge in [0.2, 0.25) is 0 Å². The Bertz CT molecular complexity index is 378. The van der Waals surface area contributed by atoms with Gasteiger partial charge in [0.15, 0.2) is 9.84 Å². The number of hydrogen-bond acceptors (Lipinski definition) is 4. The van der Waals surface area contributed by atoms with Gasteiger partial charge in [0.25, 0.3) is 0 Å². The van der Waals surface area contributed by atoms with E-state index in [9.17, 15) is 8.42 Å². The molecule has 100 valence electrons. The fourth-order valence-corrected chi connectivity index (χ4v) is 5.27. The lowest BCUT2D eigenvalue weighted by Crippen LogP contribution is -2.49. The summed E-state index contributed by atoms with van der Waals surface area (Å²) in [5, 5.41) is 0. The van der Waals surface area contributed by atoms with Crippen molar-refractivity contribution in [3.05, 3.63) is 0 Å². The standard InChI is InChI=1S/C12H24N2O2S/c1-12(2)10(3-6-13)4-7-14(12)11-5-8-17(15,16)9-11/h10-11H,3-9,13H2,1-2H3. The van der Waals surface area contributed by atoms with Gasteiger partial charge in [-0.2, -0.15) is 0 Å². The predicted molar refractivity (Wildman–Crippen MR) is 69.6 cm³/mol. The van der Waals surface area contributed by atoms with E-state index in [-0.39, 0.29) is 11.6 Å². The van der Waals surface area contributed by atoms with Gasteiger partial charge in [-0.05, 0) is 52.1 Å². The highest BCUT2D eigenvalue weighted by Crippen LogP contribution is 2.39. The number of rotatable bonds is 3. The maximum atomic E-state index is 11.6. The van der Waals surface area contributed by atoms with Crippen LogP contribution in [0.5, 0.6) is 0 Å². The van der Waals surface area contributed by atoms with E-state index < -0.39 is 9.84 Å². The molecule has 0 spiro atoms. The third kappa shape index (κ3) is 2.51. The van der Waals surface area contributed by atoms with Crippen molar-refractivity contribution in [3.63, 3.8) is 0 Å². The fourth-order valence-electron chi connectivity index (χ4n) is 3.54. The van der Waals surface area contributed by atoms with Gasteiger partial charge in [-0.15, -0.1) is 0 Å². The molecule has 2 saturated heterocycles. The maximum Gasteiger partial charge on any atom is 0.151 e. The zero-order valence-corrected chi connectivity index (χ0v) is 11.7. The molecule has 2 N–H and O–H groups in total. The van der Waals surface area contributed by atoms with Crippen LogP contribution in [-0.4, -0.2) is 49.5 Å². The van der Waals surface area contributed by atoms with Crippen LogP contribution in [0.1, 0.15) is 33.1 Å². The smallest absolute Gasteiger partial charge is 0.151 e. The van der Waals surface area contributed by atoms with E-state index in [2.05, 4.69) is 18.7 Å². The monoisotopic (exact) mass is 260 g/mol. The lowest BCUT2D eigenvalue weighted by molar-refractivity contribution is 0.0970. The van der Waals surface area contributed by atoms with Gasteiger partial charge in [0, 0.05) is 11.6 Å². The van der Waals surface area contributed by atoms with E-state index in [1.54, 1.807) is 0 Å². The van der Waals surface area contributed by atoms with Crippen LogP contribution in [0.2, 0.25) is 0 Å². The van der Waals surface area contributed by atoms with Crippen molar-refractivity contribution < 1.29 is 8.42 Å². The lowest BCUT2D eigenvalue weighted by atomic mass is 9.85. The summed E-state index contributed by atoms with van der Waals surface area (Å²) >= 11 is 0. The summed E-state index contributed by atoms with van der Waals surface area (Å²) in [6, 6.07) is 0.234. The second-order valence-electron chi connectivity index (χ2n) is 5.97. The second-order valence-corrected chi connectivity index (χ2v) is 8.20. The van der Waals surface area contributed by atoms with Crippen LogP contribution in [-0.2, 0) is 9.84 Å². The summed E-state index contributed by atoms with van der Waals surface area (Å²) < 4.78 is 23.1. The minimum atomic E-state index is -2.78. The second kappa shape index (κ2) is 4.52. The Kier molecular flexibility index (Phi) is 3.54. The number of hydrogen-bond donors (Lipinski definition) is 1. The Hall–Kier alpha value is -0.130. The molecule has 2 atom stereocenters. The first-order valence-electron chi connectivity index (χ1n) is 6.54. The molecule has 2 heterocycles. The maximum absolute atomic E-state index is 11.6. The minimum absolute atomic E-state index is 0.101. The molecule has 0 aromatic heterocycles. The molecule has 0 aliphatic carbocycles. The Morgan fingerprint density at radius 3 is 2.59 bits per heavy atom. The molecule has 0 bridgehead atoms. The molecular formula is C12H24N2O2S. The first-order valence-corrected chi connectivity index (χ1v) is 8.36. The van der Waals surface area contributed by atoms with Gasteiger partial charge in [-0.3, -0.25) is 4.90 Å². The van der Waals surface area contributed by atoms with Crippen LogP contribution >= 0.6 is 0 Å². The SMILES string of the molecule is CC1(C)C(CCN)CCN1C1CCS(=O)(=O)C1. The molecule has 0 aromatic rings.